The molecule has 0 radical (unpaired) electrons. The van der Waals surface area contributed by atoms with Crippen molar-refractivity contribution in [2.75, 3.05) is 13.2 Å². The molecule has 2 aromatic carbocycles. The van der Waals surface area contributed by atoms with Gasteiger partial charge in [-0.15, -0.1) is 0 Å². The maximum atomic E-state index is 13.6. The molecule has 1 aliphatic heterocycles. The first-order valence-electron chi connectivity index (χ1n) is 9.17. The second-order valence-corrected chi connectivity index (χ2v) is 7.50. The van der Waals surface area contributed by atoms with E-state index in [-0.39, 0.29) is 17.3 Å². The Morgan fingerprint density at radius 2 is 1.96 bits per heavy atom. The molecule has 0 saturated carbocycles. The summed E-state index contributed by atoms with van der Waals surface area (Å²) in [6.45, 7) is 5.44. The third-order valence-electron chi connectivity index (χ3n) is 4.66. The third-order valence-corrected chi connectivity index (χ3v) is 4.66. The summed E-state index contributed by atoms with van der Waals surface area (Å²) >= 11 is 0. The van der Waals surface area contributed by atoms with Crippen LogP contribution < -0.4 is 5.32 Å². The molecule has 1 amide bonds. The number of carbonyl (C=O) groups is 1. The van der Waals surface area contributed by atoms with Gasteiger partial charge in [0.1, 0.15) is 5.82 Å². The first-order chi connectivity index (χ1) is 12.9. The van der Waals surface area contributed by atoms with E-state index in [9.17, 15) is 9.18 Å². The molecule has 3 nitrogen and oxygen atoms in total. The lowest BCUT2D eigenvalue weighted by Crippen LogP contribution is -2.30. The molecule has 3 rings (SSSR count). The number of ether oxygens (including phenoxy) is 1. The van der Waals surface area contributed by atoms with E-state index < -0.39 is 0 Å². The number of benzene rings is 2. The smallest absolute Gasteiger partial charge is 0.251 e. The molecule has 140 valence electrons. The van der Waals surface area contributed by atoms with Gasteiger partial charge in [0.15, 0.2) is 0 Å². The Labute approximate surface area is 159 Å². The molecule has 1 unspecified atom stereocenters. The summed E-state index contributed by atoms with van der Waals surface area (Å²) in [4.78, 5) is 12.3. The molecule has 1 saturated heterocycles. The third kappa shape index (κ3) is 5.42. The van der Waals surface area contributed by atoms with E-state index in [2.05, 4.69) is 31.0 Å². The van der Waals surface area contributed by atoms with Crippen LogP contribution in [0.15, 0.2) is 48.5 Å². The van der Waals surface area contributed by atoms with Crippen LogP contribution in [0.5, 0.6) is 0 Å². The van der Waals surface area contributed by atoms with Crippen molar-refractivity contribution in [1.82, 2.24) is 5.32 Å². The lowest BCUT2D eigenvalue weighted by Gasteiger charge is -2.15. The fraction of sp³-hybridized carbons (Fsp3) is 0.348. The molecule has 1 aliphatic rings. The number of rotatable bonds is 4. The Bertz CT molecular complexity index is 862. The van der Waals surface area contributed by atoms with E-state index in [1.165, 1.54) is 6.07 Å². The quantitative estimate of drug-likeness (QED) is 0.833. The van der Waals surface area contributed by atoms with Gasteiger partial charge in [0.25, 0.3) is 5.91 Å². The second-order valence-electron chi connectivity index (χ2n) is 7.50. The maximum Gasteiger partial charge on any atom is 0.251 e. The van der Waals surface area contributed by atoms with Crippen molar-refractivity contribution in [3.05, 3.63) is 71.0 Å². The predicted octanol–water partition coefficient (Wildman–Crippen LogP) is 3.96. The number of carbonyl (C=O) groups excluding carboxylic acids is 1. The highest BCUT2D eigenvalue weighted by molar-refractivity contribution is 5.94. The summed E-state index contributed by atoms with van der Waals surface area (Å²) in [5.41, 5.74) is 1.89. The molecule has 4 heteroatoms. The number of hydrogen-bond acceptors (Lipinski definition) is 2. The Balaban J connectivity index is 1.52. The Morgan fingerprint density at radius 1 is 1.22 bits per heavy atom. The Hall–Kier alpha value is -2.64. The molecule has 1 atom stereocenters. The van der Waals surface area contributed by atoms with Gasteiger partial charge >= 0.3 is 0 Å². The second kappa shape index (κ2) is 8.37. The SMILES string of the molecule is CC1(C)CC(CNC(=O)c2ccc(C#CCc3ccccc3F)cc2)CO1. The highest BCUT2D eigenvalue weighted by Crippen LogP contribution is 2.28. The number of halogens is 1. The summed E-state index contributed by atoms with van der Waals surface area (Å²) in [5.74, 6) is 6.00. The van der Waals surface area contributed by atoms with Gasteiger partial charge in [-0.3, -0.25) is 4.79 Å². The number of nitrogens with one attached hydrogen (secondary N) is 1. The van der Waals surface area contributed by atoms with Crippen LogP contribution >= 0.6 is 0 Å². The van der Waals surface area contributed by atoms with Gasteiger partial charge in [-0.1, -0.05) is 30.0 Å². The molecular weight excluding hydrogens is 341 g/mol. The van der Waals surface area contributed by atoms with E-state index >= 15 is 0 Å². The maximum absolute atomic E-state index is 13.6. The molecule has 1 fully saturated rings. The molecule has 0 aromatic heterocycles. The van der Waals surface area contributed by atoms with Gasteiger partial charge in [-0.25, -0.2) is 4.39 Å². The molecule has 2 aromatic rings. The van der Waals surface area contributed by atoms with E-state index in [1.54, 1.807) is 30.3 Å². The highest BCUT2D eigenvalue weighted by Gasteiger charge is 2.31. The number of hydrogen-bond donors (Lipinski definition) is 1. The van der Waals surface area contributed by atoms with Crippen molar-refractivity contribution in [2.45, 2.75) is 32.3 Å². The minimum atomic E-state index is -0.241. The lowest BCUT2D eigenvalue weighted by molar-refractivity contribution is 0.0350. The fourth-order valence-corrected chi connectivity index (χ4v) is 3.21. The van der Waals surface area contributed by atoms with Crippen molar-refractivity contribution in [3.63, 3.8) is 0 Å². The summed E-state index contributed by atoms with van der Waals surface area (Å²) in [6, 6.07) is 13.8. The van der Waals surface area contributed by atoms with E-state index in [4.69, 9.17) is 4.74 Å². The first kappa shape index (κ1) is 19.1. The minimum Gasteiger partial charge on any atom is -0.375 e. The average Bonchev–Trinajstić information content (AvgIpc) is 3.01. The molecule has 0 spiro atoms. The molecule has 1 heterocycles. The largest absolute Gasteiger partial charge is 0.375 e. The zero-order chi connectivity index (χ0) is 19.3. The van der Waals surface area contributed by atoms with Crippen molar-refractivity contribution < 1.29 is 13.9 Å². The highest BCUT2D eigenvalue weighted by atomic mass is 19.1. The van der Waals surface area contributed by atoms with Gasteiger partial charge < -0.3 is 10.1 Å². The standard InChI is InChI=1S/C23H24FNO2/c1-23(2)14-18(16-27-23)15-25-22(26)20-12-10-17(11-13-20)6-5-8-19-7-3-4-9-21(19)24/h3-4,7,9-13,18H,8,14-16H2,1-2H3,(H,25,26). The van der Waals surface area contributed by atoms with Crippen molar-refractivity contribution in [3.8, 4) is 11.8 Å². The molecular formula is C23H24FNO2. The molecule has 0 bridgehead atoms. The van der Waals surface area contributed by atoms with Gasteiger partial charge in [0, 0.05) is 30.0 Å². The average molecular weight is 365 g/mol. The van der Waals surface area contributed by atoms with Crippen LogP contribution in [0.2, 0.25) is 0 Å². The van der Waals surface area contributed by atoms with Gasteiger partial charge in [-0.05, 0) is 56.2 Å². The predicted molar refractivity (Wildman–Crippen MR) is 104 cm³/mol. The zero-order valence-corrected chi connectivity index (χ0v) is 15.7. The van der Waals surface area contributed by atoms with Crippen LogP contribution in [-0.4, -0.2) is 24.7 Å². The normalized spacial score (nSPS) is 17.8. The van der Waals surface area contributed by atoms with Crippen molar-refractivity contribution in [2.24, 2.45) is 5.92 Å². The summed E-state index contributed by atoms with van der Waals surface area (Å²) in [6.07, 6.45) is 1.30. The monoisotopic (exact) mass is 365 g/mol. The van der Waals surface area contributed by atoms with E-state index in [1.807, 2.05) is 12.1 Å². The van der Waals surface area contributed by atoms with E-state index in [0.29, 0.717) is 36.6 Å². The molecule has 1 N–H and O–H groups in total. The van der Waals surface area contributed by atoms with Gasteiger partial charge in [0.05, 0.1) is 12.2 Å². The lowest BCUT2D eigenvalue weighted by atomic mass is 9.98. The van der Waals surface area contributed by atoms with Crippen molar-refractivity contribution in [1.29, 1.82) is 0 Å². The topological polar surface area (TPSA) is 38.3 Å². The first-order valence-corrected chi connectivity index (χ1v) is 9.17. The van der Waals surface area contributed by atoms with Gasteiger partial charge in [-0.2, -0.15) is 0 Å². The number of amides is 1. The van der Waals surface area contributed by atoms with Crippen molar-refractivity contribution >= 4 is 5.91 Å². The van der Waals surface area contributed by atoms with Crippen LogP contribution in [0.25, 0.3) is 0 Å². The fourth-order valence-electron chi connectivity index (χ4n) is 3.21. The van der Waals surface area contributed by atoms with Crippen LogP contribution in [0, 0.1) is 23.6 Å². The van der Waals surface area contributed by atoms with Crippen LogP contribution in [0.3, 0.4) is 0 Å². The minimum absolute atomic E-state index is 0.0921. The Morgan fingerprint density at radius 3 is 2.63 bits per heavy atom. The Kier molecular flexibility index (Phi) is 5.93. The summed E-state index contributed by atoms with van der Waals surface area (Å²) < 4.78 is 19.3. The van der Waals surface area contributed by atoms with Crippen LogP contribution in [-0.2, 0) is 11.2 Å². The zero-order valence-electron chi connectivity index (χ0n) is 15.7. The van der Waals surface area contributed by atoms with Crippen LogP contribution in [0.4, 0.5) is 4.39 Å². The van der Waals surface area contributed by atoms with Gasteiger partial charge in [0.2, 0.25) is 0 Å². The summed E-state index contributed by atoms with van der Waals surface area (Å²) in [5, 5.41) is 2.97. The van der Waals surface area contributed by atoms with Crippen LogP contribution in [0.1, 0.15) is 41.8 Å². The molecule has 0 aliphatic carbocycles. The van der Waals surface area contributed by atoms with E-state index in [0.717, 1.165) is 12.0 Å². The summed E-state index contributed by atoms with van der Waals surface area (Å²) in [7, 11) is 0. The molecule has 27 heavy (non-hydrogen) atoms.